The molecule has 3 rings (SSSR count). The van der Waals surface area contributed by atoms with Crippen molar-refractivity contribution in [3.8, 4) is 11.5 Å². The molecular formula is C21H27N3O3. The Labute approximate surface area is 160 Å². The Morgan fingerprint density at radius 1 is 1.07 bits per heavy atom. The maximum absolute atomic E-state index is 5.76. The van der Waals surface area contributed by atoms with Crippen LogP contribution >= 0.6 is 0 Å². The van der Waals surface area contributed by atoms with Crippen molar-refractivity contribution >= 4 is 11.6 Å². The summed E-state index contributed by atoms with van der Waals surface area (Å²) in [7, 11) is 1.70. The second-order valence-corrected chi connectivity index (χ2v) is 6.29. The third-order valence-electron chi connectivity index (χ3n) is 4.08. The Kier molecular flexibility index (Phi) is 6.93. The van der Waals surface area contributed by atoms with Gasteiger partial charge in [0.1, 0.15) is 0 Å². The smallest absolute Gasteiger partial charge is 0.196 e. The first-order valence-corrected chi connectivity index (χ1v) is 9.30. The minimum absolute atomic E-state index is 0.581. The summed E-state index contributed by atoms with van der Waals surface area (Å²) in [6.07, 6.45) is 0.893. The van der Waals surface area contributed by atoms with Gasteiger partial charge in [-0.15, -0.1) is 0 Å². The van der Waals surface area contributed by atoms with E-state index in [1.54, 1.807) is 7.11 Å². The van der Waals surface area contributed by atoms with Gasteiger partial charge in [-0.2, -0.15) is 0 Å². The molecule has 0 saturated carbocycles. The van der Waals surface area contributed by atoms with Gasteiger partial charge in [0.2, 0.25) is 0 Å². The lowest BCUT2D eigenvalue weighted by molar-refractivity contribution is 0.185. The molecule has 6 nitrogen and oxygen atoms in total. The Hall–Kier alpha value is -2.73. The SMILES string of the molecule is CCNC(=NCc1cccc(COC)c1)Nc1ccc2c(c1)OCCCO2. The zero-order chi connectivity index (χ0) is 18.9. The van der Waals surface area contributed by atoms with Crippen molar-refractivity contribution in [2.75, 3.05) is 32.2 Å². The first kappa shape index (κ1) is 19.0. The van der Waals surface area contributed by atoms with Gasteiger partial charge < -0.3 is 24.8 Å². The first-order chi connectivity index (χ1) is 13.3. The molecule has 0 aliphatic carbocycles. The van der Waals surface area contributed by atoms with Crippen molar-refractivity contribution in [1.82, 2.24) is 5.32 Å². The van der Waals surface area contributed by atoms with E-state index in [0.717, 1.165) is 47.2 Å². The highest BCUT2D eigenvalue weighted by Crippen LogP contribution is 2.32. The van der Waals surface area contributed by atoms with E-state index >= 15 is 0 Å². The van der Waals surface area contributed by atoms with E-state index in [9.17, 15) is 0 Å². The zero-order valence-electron chi connectivity index (χ0n) is 16.0. The van der Waals surface area contributed by atoms with Crippen LogP contribution in [-0.2, 0) is 17.9 Å². The highest BCUT2D eigenvalue weighted by atomic mass is 16.5. The van der Waals surface area contributed by atoms with Gasteiger partial charge in [0.25, 0.3) is 0 Å². The van der Waals surface area contributed by atoms with Crippen LogP contribution in [0.15, 0.2) is 47.5 Å². The highest BCUT2D eigenvalue weighted by Gasteiger charge is 2.11. The third-order valence-corrected chi connectivity index (χ3v) is 4.08. The quantitative estimate of drug-likeness (QED) is 0.602. The van der Waals surface area contributed by atoms with Crippen molar-refractivity contribution in [2.24, 2.45) is 4.99 Å². The maximum atomic E-state index is 5.76. The summed E-state index contributed by atoms with van der Waals surface area (Å²) in [4.78, 5) is 4.69. The second-order valence-electron chi connectivity index (χ2n) is 6.29. The van der Waals surface area contributed by atoms with E-state index < -0.39 is 0 Å². The number of anilines is 1. The summed E-state index contributed by atoms with van der Waals surface area (Å²) in [5, 5.41) is 6.61. The molecule has 144 valence electrons. The van der Waals surface area contributed by atoms with Crippen molar-refractivity contribution in [3.63, 3.8) is 0 Å². The van der Waals surface area contributed by atoms with Crippen LogP contribution in [0.4, 0.5) is 5.69 Å². The van der Waals surface area contributed by atoms with Crippen LogP contribution in [0.2, 0.25) is 0 Å². The monoisotopic (exact) mass is 369 g/mol. The van der Waals surface area contributed by atoms with Gasteiger partial charge >= 0.3 is 0 Å². The standard InChI is InChI=1S/C21H27N3O3/c1-3-22-21(23-14-16-6-4-7-17(12-16)15-25-2)24-18-8-9-19-20(13-18)27-11-5-10-26-19/h4,6-9,12-13H,3,5,10-11,14-15H2,1-2H3,(H2,22,23,24). The Morgan fingerprint density at radius 2 is 1.89 bits per heavy atom. The summed E-state index contributed by atoms with van der Waals surface area (Å²) in [6.45, 7) is 5.36. The van der Waals surface area contributed by atoms with E-state index in [-0.39, 0.29) is 0 Å². The number of guanidine groups is 1. The van der Waals surface area contributed by atoms with Gasteiger partial charge in [0.15, 0.2) is 17.5 Å². The molecule has 0 bridgehead atoms. The van der Waals surface area contributed by atoms with E-state index in [1.807, 2.05) is 31.2 Å². The molecule has 0 fully saturated rings. The van der Waals surface area contributed by atoms with Gasteiger partial charge in [-0.3, -0.25) is 0 Å². The fourth-order valence-corrected chi connectivity index (χ4v) is 2.84. The van der Waals surface area contributed by atoms with Crippen molar-refractivity contribution in [3.05, 3.63) is 53.6 Å². The lowest BCUT2D eigenvalue weighted by atomic mass is 10.1. The van der Waals surface area contributed by atoms with Crippen LogP contribution in [0.25, 0.3) is 0 Å². The van der Waals surface area contributed by atoms with Crippen molar-refractivity contribution < 1.29 is 14.2 Å². The molecule has 1 aliphatic heterocycles. The summed E-state index contributed by atoms with van der Waals surface area (Å²) in [5.41, 5.74) is 3.19. The molecule has 0 spiro atoms. The number of methoxy groups -OCH3 is 1. The van der Waals surface area contributed by atoms with Crippen LogP contribution in [-0.4, -0.2) is 32.8 Å². The second kappa shape index (κ2) is 9.83. The Balaban J connectivity index is 1.70. The minimum Gasteiger partial charge on any atom is -0.490 e. The number of benzene rings is 2. The minimum atomic E-state index is 0.581. The predicted octanol–water partition coefficient (Wildman–Crippen LogP) is 3.57. The third kappa shape index (κ3) is 5.62. The summed E-state index contributed by atoms with van der Waals surface area (Å²) in [5.74, 6) is 2.28. The van der Waals surface area contributed by atoms with Crippen LogP contribution in [0, 0.1) is 0 Å². The number of fused-ring (bicyclic) bond motifs is 1. The topological polar surface area (TPSA) is 64.1 Å². The maximum Gasteiger partial charge on any atom is 0.196 e. The summed E-state index contributed by atoms with van der Waals surface area (Å²) >= 11 is 0. The molecule has 2 aromatic carbocycles. The summed E-state index contributed by atoms with van der Waals surface area (Å²) in [6, 6.07) is 14.1. The molecule has 2 aromatic rings. The van der Waals surface area contributed by atoms with E-state index in [0.29, 0.717) is 26.4 Å². The predicted molar refractivity (Wildman–Crippen MR) is 108 cm³/mol. The lowest BCUT2D eigenvalue weighted by Gasteiger charge is -2.14. The normalized spacial score (nSPS) is 13.8. The average molecular weight is 369 g/mol. The number of aliphatic imine (C=N–C) groups is 1. The van der Waals surface area contributed by atoms with Crippen LogP contribution < -0.4 is 20.1 Å². The van der Waals surface area contributed by atoms with Crippen LogP contribution in [0.1, 0.15) is 24.5 Å². The molecule has 0 radical (unpaired) electrons. The van der Waals surface area contributed by atoms with E-state index in [4.69, 9.17) is 19.2 Å². The number of hydrogen-bond donors (Lipinski definition) is 2. The van der Waals surface area contributed by atoms with Gasteiger partial charge in [-0.25, -0.2) is 4.99 Å². The molecular weight excluding hydrogens is 342 g/mol. The van der Waals surface area contributed by atoms with Gasteiger partial charge in [-0.05, 0) is 30.2 Å². The van der Waals surface area contributed by atoms with Gasteiger partial charge in [-0.1, -0.05) is 24.3 Å². The molecule has 1 heterocycles. The number of ether oxygens (including phenoxy) is 3. The number of hydrogen-bond acceptors (Lipinski definition) is 4. The van der Waals surface area contributed by atoms with Gasteiger partial charge in [0, 0.05) is 31.8 Å². The summed E-state index contributed by atoms with van der Waals surface area (Å²) < 4.78 is 16.6. The number of nitrogens with zero attached hydrogens (tertiary/aromatic N) is 1. The fourth-order valence-electron chi connectivity index (χ4n) is 2.84. The Morgan fingerprint density at radius 3 is 2.70 bits per heavy atom. The van der Waals surface area contributed by atoms with Crippen LogP contribution in [0.3, 0.4) is 0 Å². The molecule has 2 N–H and O–H groups in total. The average Bonchev–Trinajstić information content (AvgIpc) is 2.92. The van der Waals surface area contributed by atoms with Gasteiger partial charge in [0.05, 0.1) is 26.4 Å². The molecule has 1 aliphatic rings. The number of nitrogens with one attached hydrogen (secondary N) is 2. The largest absolute Gasteiger partial charge is 0.490 e. The first-order valence-electron chi connectivity index (χ1n) is 9.30. The fraction of sp³-hybridized carbons (Fsp3) is 0.381. The molecule has 0 atom stereocenters. The molecule has 6 heteroatoms. The van der Waals surface area contributed by atoms with Crippen molar-refractivity contribution in [2.45, 2.75) is 26.5 Å². The van der Waals surface area contributed by atoms with Crippen molar-refractivity contribution in [1.29, 1.82) is 0 Å². The molecule has 0 amide bonds. The van der Waals surface area contributed by atoms with E-state index in [2.05, 4.69) is 28.8 Å². The zero-order valence-corrected chi connectivity index (χ0v) is 16.0. The molecule has 27 heavy (non-hydrogen) atoms. The Bertz CT molecular complexity index is 777. The molecule has 0 aromatic heterocycles. The number of rotatable bonds is 6. The lowest BCUT2D eigenvalue weighted by Crippen LogP contribution is -2.30. The highest BCUT2D eigenvalue weighted by molar-refractivity contribution is 5.93. The molecule has 0 saturated heterocycles. The van der Waals surface area contributed by atoms with E-state index in [1.165, 1.54) is 0 Å². The molecule has 0 unspecified atom stereocenters. The van der Waals surface area contributed by atoms with Crippen LogP contribution in [0.5, 0.6) is 11.5 Å².